The highest BCUT2D eigenvalue weighted by atomic mass is 32.1. The van der Waals surface area contributed by atoms with E-state index >= 15 is 0 Å². The fraction of sp³-hybridized carbons (Fsp3) is 0.227. The van der Waals surface area contributed by atoms with Gasteiger partial charge in [0.15, 0.2) is 16.6 Å². The molecule has 2 N–H and O–H groups in total. The lowest BCUT2D eigenvalue weighted by Crippen LogP contribution is -2.27. The summed E-state index contributed by atoms with van der Waals surface area (Å²) in [7, 11) is 3.16. The summed E-state index contributed by atoms with van der Waals surface area (Å²) in [4.78, 5) is 28.6. The topological polar surface area (TPSA) is 89.6 Å². The van der Waals surface area contributed by atoms with Crippen molar-refractivity contribution in [2.45, 2.75) is 12.8 Å². The summed E-state index contributed by atoms with van der Waals surface area (Å²) in [5.74, 6) is 0.331. The van der Waals surface area contributed by atoms with E-state index in [4.69, 9.17) is 9.47 Å². The van der Waals surface area contributed by atoms with E-state index in [0.29, 0.717) is 40.9 Å². The van der Waals surface area contributed by atoms with Gasteiger partial charge in [0.25, 0.3) is 5.91 Å². The fourth-order valence-corrected chi connectivity index (χ4v) is 3.53. The highest BCUT2D eigenvalue weighted by Crippen LogP contribution is 2.27. The maximum atomic E-state index is 13.0. The Morgan fingerprint density at radius 2 is 1.81 bits per heavy atom. The van der Waals surface area contributed by atoms with Crippen LogP contribution in [0.15, 0.2) is 47.8 Å². The molecule has 2 amide bonds. The Balaban J connectivity index is 1.46. The van der Waals surface area contributed by atoms with Crippen molar-refractivity contribution in [1.29, 1.82) is 0 Å². The lowest BCUT2D eigenvalue weighted by molar-refractivity contribution is -0.120. The molecule has 0 aliphatic rings. The van der Waals surface area contributed by atoms with Crippen molar-refractivity contribution in [3.05, 3.63) is 70.5 Å². The van der Waals surface area contributed by atoms with Crippen LogP contribution in [0.25, 0.3) is 0 Å². The van der Waals surface area contributed by atoms with Crippen molar-refractivity contribution in [3.8, 4) is 11.5 Å². The number of carbonyl (C=O) groups excluding carboxylic acids is 2. The average Bonchev–Trinajstić information content (AvgIpc) is 3.20. The van der Waals surface area contributed by atoms with Gasteiger partial charge in [0, 0.05) is 17.5 Å². The van der Waals surface area contributed by atoms with Gasteiger partial charge in [-0.25, -0.2) is 9.37 Å². The molecule has 0 aliphatic heterocycles. The van der Waals surface area contributed by atoms with Crippen LogP contribution in [0.2, 0.25) is 0 Å². The van der Waals surface area contributed by atoms with Gasteiger partial charge in [0.2, 0.25) is 5.91 Å². The number of ether oxygens (including phenoxy) is 2. The Bertz CT molecular complexity index is 1050. The minimum Gasteiger partial charge on any atom is -0.493 e. The third-order valence-corrected chi connectivity index (χ3v) is 5.21. The standard InChI is InChI=1S/C22H22FN3O4S/c1-29-18-8-3-14(11-19(18)30-2)9-10-24-20(27)12-17-13-31-22(25-17)26-21(28)15-4-6-16(23)7-5-15/h3-8,11,13H,9-10,12H2,1-2H3,(H,24,27)(H,25,26,28). The summed E-state index contributed by atoms with van der Waals surface area (Å²) < 4.78 is 23.5. The quantitative estimate of drug-likeness (QED) is 0.529. The molecule has 0 unspecified atom stereocenters. The number of hydrogen-bond acceptors (Lipinski definition) is 6. The average molecular weight is 444 g/mol. The maximum absolute atomic E-state index is 13.0. The van der Waals surface area contributed by atoms with Gasteiger partial charge in [0.05, 0.1) is 26.3 Å². The molecule has 1 aromatic heterocycles. The Labute approximate surface area is 183 Å². The van der Waals surface area contributed by atoms with Crippen LogP contribution in [-0.2, 0) is 17.6 Å². The number of aromatic nitrogens is 1. The molecule has 3 rings (SSSR count). The van der Waals surface area contributed by atoms with E-state index in [1.165, 1.54) is 35.6 Å². The van der Waals surface area contributed by atoms with E-state index in [9.17, 15) is 14.0 Å². The first-order chi connectivity index (χ1) is 15.0. The Morgan fingerprint density at radius 3 is 2.52 bits per heavy atom. The number of benzene rings is 2. The second-order valence-corrected chi connectivity index (χ2v) is 7.43. The SMILES string of the molecule is COc1ccc(CCNC(=O)Cc2csc(NC(=O)c3ccc(F)cc3)n2)cc1OC. The molecule has 31 heavy (non-hydrogen) atoms. The van der Waals surface area contributed by atoms with E-state index < -0.39 is 5.82 Å². The van der Waals surface area contributed by atoms with E-state index in [2.05, 4.69) is 15.6 Å². The molecule has 3 aromatic rings. The van der Waals surface area contributed by atoms with Gasteiger partial charge < -0.3 is 14.8 Å². The Morgan fingerprint density at radius 1 is 1.06 bits per heavy atom. The van der Waals surface area contributed by atoms with Gasteiger partial charge in [-0.15, -0.1) is 11.3 Å². The summed E-state index contributed by atoms with van der Waals surface area (Å²) >= 11 is 1.22. The zero-order chi connectivity index (χ0) is 22.2. The molecule has 0 bridgehead atoms. The van der Waals surface area contributed by atoms with Crippen molar-refractivity contribution in [2.24, 2.45) is 0 Å². The smallest absolute Gasteiger partial charge is 0.257 e. The van der Waals surface area contributed by atoms with Crippen LogP contribution in [0.4, 0.5) is 9.52 Å². The summed E-state index contributed by atoms with van der Waals surface area (Å²) in [6.07, 6.45) is 0.747. The van der Waals surface area contributed by atoms with Gasteiger partial charge in [-0.05, 0) is 48.4 Å². The number of hydrogen-bond donors (Lipinski definition) is 2. The number of amides is 2. The van der Waals surface area contributed by atoms with E-state index in [0.717, 1.165) is 5.56 Å². The zero-order valence-electron chi connectivity index (χ0n) is 17.1. The van der Waals surface area contributed by atoms with Crippen LogP contribution < -0.4 is 20.1 Å². The normalized spacial score (nSPS) is 10.4. The third-order valence-electron chi connectivity index (χ3n) is 4.40. The largest absolute Gasteiger partial charge is 0.493 e. The summed E-state index contributed by atoms with van der Waals surface area (Å²) in [6.45, 7) is 0.465. The number of methoxy groups -OCH3 is 2. The van der Waals surface area contributed by atoms with E-state index in [1.807, 2.05) is 18.2 Å². The number of thiazole rings is 1. The molecule has 9 heteroatoms. The number of halogens is 1. The van der Waals surface area contributed by atoms with Crippen molar-refractivity contribution >= 4 is 28.3 Å². The number of nitrogens with one attached hydrogen (secondary N) is 2. The molecule has 7 nitrogen and oxygen atoms in total. The number of anilines is 1. The summed E-state index contributed by atoms with van der Waals surface area (Å²) in [5.41, 5.74) is 1.89. The zero-order valence-corrected chi connectivity index (χ0v) is 17.9. The van der Waals surface area contributed by atoms with Crippen LogP contribution >= 0.6 is 11.3 Å². The number of rotatable bonds is 9. The second-order valence-electron chi connectivity index (χ2n) is 6.57. The first-order valence-corrected chi connectivity index (χ1v) is 10.4. The molecule has 0 saturated heterocycles. The molecule has 1 heterocycles. The van der Waals surface area contributed by atoms with Crippen LogP contribution in [0.1, 0.15) is 21.6 Å². The Hall–Kier alpha value is -3.46. The van der Waals surface area contributed by atoms with Crippen LogP contribution in [0.3, 0.4) is 0 Å². The molecule has 0 radical (unpaired) electrons. The highest BCUT2D eigenvalue weighted by Gasteiger charge is 2.12. The molecule has 162 valence electrons. The predicted molar refractivity (Wildman–Crippen MR) is 116 cm³/mol. The van der Waals surface area contributed by atoms with Crippen molar-refractivity contribution < 1.29 is 23.5 Å². The molecule has 0 atom stereocenters. The lowest BCUT2D eigenvalue weighted by atomic mass is 10.1. The molecule has 0 saturated carbocycles. The van der Waals surface area contributed by atoms with Crippen LogP contribution in [-0.4, -0.2) is 37.6 Å². The van der Waals surface area contributed by atoms with Crippen molar-refractivity contribution in [2.75, 3.05) is 26.1 Å². The Kier molecular flexibility index (Phi) is 7.55. The number of carbonyl (C=O) groups is 2. The van der Waals surface area contributed by atoms with Gasteiger partial charge in [-0.1, -0.05) is 6.07 Å². The predicted octanol–water partition coefficient (Wildman–Crippen LogP) is 3.45. The molecular weight excluding hydrogens is 421 g/mol. The fourth-order valence-electron chi connectivity index (χ4n) is 2.83. The molecule has 2 aromatic carbocycles. The molecular formula is C22H22FN3O4S. The van der Waals surface area contributed by atoms with E-state index in [1.54, 1.807) is 19.6 Å². The van der Waals surface area contributed by atoms with Crippen LogP contribution in [0.5, 0.6) is 11.5 Å². The molecule has 0 fully saturated rings. The van der Waals surface area contributed by atoms with Gasteiger partial charge in [0.1, 0.15) is 5.82 Å². The minimum atomic E-state index is -0.412. The van der Waals surface area contributed by atoms with Crippen LogP contribution in [0, 0.1) is 5.82 Å². The van der Waals surface area contributed by atoms with Gasteiger partial charge >= 0.3 is 0 Å². The van der Waals surface area contributed by atoms with Gasteiger partial charge in [-0.3, -0.25) is 14.9 Å². The monoisotopic (exact) mass is 443 g/mol. The third kappa shape index (κ3) is 6.26. The molecule has 0 aliphatic carbocycles. The minimum absolute atomic E-state index is 0.106. The summed E-state index contributed by atoms with van der Waals surface area (Å²) in [6, 6.07) is 10.8. The first kappa shape index (κ1) is 22.2. The number of nitrogens with zero attached hydrogens (tertiary/aromatic N) is 1. The lowest BCUT2D eigenvalue weighted by Gasteiger charge is -2.10. The van der Waals surface area contributed by atoms with Gasteiger partial charge in [-0.2, -0.15) is 0 Å². The first-order valence-electron chi connectivity index (χ1n) is 9.47. The van der Waals surface area contributed by atoms with E-state index in [-0.39, 0.29) is 18.2 Å². The summed E-state index contributed by atoms with van der Waals surface area (Å²) in [5, 5.41) is 7.60. The highest BCUT2D eigenvalue weighted by molar-refractivity contribution is 7.14. The van der Waals surface area contributed by atoms with Crippen molar-refractivity contribution in [1.82, 2.24) is 10.3 Å². The molecule has 0 spiro atoms. The second kappa shape index (κ2) is 10.5. The van der Waals surface area contributed by atoms with Crippen molar-refractivity contribution in [3.63, 3.8) is 0 Å². The maximum Gasteiger partial charge on any atom is 0.257 e.